The van der Waals surface area contributed by atoms with Crippen LogP contribution in [0.2, 0.25) is 5.02 Å². The van der Waals surface area contributed by atoms with Gasteiger partial charge in [-0.25, -0.2) is 0 Å². The van der Waals surface area contributed by atoms with Gasteiger partial charge in [0.1, 0.15) is 4.88 Å². The van der Waals surface area contributed by atoms with Crippen LogP contribution in [0, 0.1) is 11.8 Å². The van der Waals surface area contributed by atoms with Crippen LogP contribution in [0.5, 0.6) is 0 Å². The molecule has 108 valence electrons. The van der Waals surface area contributed by atoms with Crippen LogP contribution in [0.3, 0.4) is 0 Å². The molecule has 0 aliphatic rings. The van der Waals surface area contributed by atoms with Crippen molar-refractivity contribution in [3.63, 3.8) is 0 Å². The van der Waals surface area contributed by atoms with Crippen LogP contribution in [0.25, 0.3) is 0 Å². The van der Waals surface area contributed by atoms with Gasteiger partial charge in [-0.05, 0) is 30.1 Å². The molecule has 1 aromatic carbocycles. The van der Waals surface area contributed by atoms with Gasteiger partial charge >= 0.3 is 0 Å². The normalized spacial score (nSPS) is 9.81. The lowest BCUT2D eigenvalue weighted by molar-refractivity contribution is 0.0961. The van der Waals surface area contributed by atoms with Gasteiger partial charge in [0.15, 0.2) is 0 Å². The Labute approximate surface area is 132 Å². The topological polar surface area (TPSA) is 54.9 Å². The second-order valence-electron chi connectivity index (χ2n) is 4.26. The molecule has 0 saturated carbocycles. The fourth-order valence-corrected chi connectivity index (χ4v) is 2.50. The fraction of sp³-hybridized carbons (Fsp3) is 0.267. The summed E-state index contributed by atoms with van der Waals surface area (Å²) in [6, 6.07) is 7.34. The Bertz CT molecular complexity index is 687. The van der Waals surface area contributed by atoms with Crippen LogP contribution in [-0.2, 0) is 6.42 Å². The van der Waals surface area contributed by atoms with E-state index in [1.54, 1.807) is 6.07 Å². The lowest BCUT2D eigenvalue weighted by Gasteiger charge is -1.99. The summed E-state index contributed by atoms with van der Waals surface area (Å²) in [5.74, 6) is 5.63. The van der Waals surface area contributed by atoms with Crippen molar-refractivity contribution < 1.29 is 4.79 Å². The summed E-state index contributed by atoms with van der Waals surface area (Å²) < 4.78 is 3.83. The summed E-state index contributed by atoms with van der Waals surface area (Å²) in [5, 5.41) is 7.32. The van der Waals surface area contributed by atoms with Gasteiger partial charge in [0.2, 0.25) is 0 Å². The molecule has 0 bridgehead atoms. The number of nitrogens with one attached hydrogen (secondary N) is 1. The van der Waals surface area contributed by atoms with Crippen molar-refractivity contribution in [3.8, 4) is 11.8 Å². The van der Waals surface area contributed by atoms with E-state index in [2.05, 4.69) is 26.7 Å². The number of benzene rings is 1. The summed E-state index contributed by atoms with van der Waals surface area (Å²) in [5.41, 5.74) is 1.50. The molecule has 0 atom stereocenters. The quantitative estimate of drug-likeness (QED) is 0.882. The Balaban J connectivity index is 1.93. The van der Waals surface area contributed by atoms with Gasteiger partial charge in [-0.2, -0.15) is 0 Å². The molecule has 1 amide bonds. The van der Waals surface area contributed by atoms with Crippen LogP contribution >= 0.6 is 23.1 Å². The molecule has 0 radical (unpaired) electrons. The van der Waals surface area contributed by atoms with Gasteiger partial charge < -0.3 is 5.32 Å². The highest BCUT2D eigenvalue weighted by Gasteiger charge is 2.14. The molecule has 0 saturated heterocycles. The number of carbonyl (C=O) groups is 1. The highest BCUT2D eigenvalue weighted by atomic mass is 35.5. The monoisotopic (exact) mass is 319 g/mol. The second-order valence-corrected chi connectivity index (χ2v) is 5.42. The van der Waals surface area contributed by atoms with Crippen LogP contribution in [0.15, 0.2) is 24.3 Å². The van der Waals surface area contributed by atoms with E-state index >= 15 is 0 Å². The molecule has 2 aromatic rings. The zero-order chi connectivity index (χ0) is 15.1. The number of hydrogen-bond acceptors (Lipinski definition) is 4. The molecule has 1 N–H and O–H groups in total. The van der Waals surface area contributed by atoms with Crippen LogP contribution in [-0.4, -0.2) is 22.0 Å². The molecule has 4 nitrogen and oxygen atoms in total. The fourth-order valence-electron chi connectivity index (χ4n) is 1.69. The highest BCUT2D eigenvalue weighted by molar-refractivity contribution is 7.08. The molecule has 0 fully saturated rings. The molecule has 6 heteroatoms. The minimum atomic E-state index is -0.179. The average Bonchev–Trinajstić information content (AvgIpc) is 2.94. The van der Waals surface area contributed by atoms with E-state index in [0.717, 1.165) is 35.6 Å². The zero-order valence-corrected chi connectivity index (χ0v) is 13.1. The SMILES string of the molecule is CCCc1nnsc1C(=O)NCC#Cc1ccccc1Cl. The number of halogens is 1. The van der Waals surface area contributed by atoms with Crippen molar-refractivity contribution in [2.24, 2.45) is 0 Å². The third kappa shape index (κ3) is 4.28. The van der Waals surface area contributed by atoms with Crippen LogP contribution in [0.4, 0.5) is 0 Å². The third-order valence-corrected chi connectivity index (χ3v) is 3.78. The second kappa shape index (κ2) is 7.77. The van der Waals surface area contributed by atoms with Gasteiger partial charge in [-0.1, -0.05) is 53.4 Å². The average molecular weight is 320 g/mol. The first kappa shape index (κ1) is 15.5. The molecule has 1 aromatic heterocycles. The van der Waals surface area contributed by atoms with Crippen molar-refractivity contribution in [1.82, 2.24) is 14.9 Å². The zero-order valence-electron chi connectivity index (χ0n) is 11.5. The summed E-state index contributed by atoms with van der Waals surface area (Å²) in [7, 11) is 0. The molecule has 0 aliphatic carbocycles. The Morgan fingerprint density at radius 3 is 3.00 bits per heavy atom. The number of aromatic nitrogens is 2. The van der Waals surface area contributed by atoms with Crippen molar-refractivity contribution in [2.75, 3.05) is 6.54 Å². The number of hydrogen-bond donors (Lipinski definition) is 1. The first-order chi connectivity index (χ1) is 10.2. The molecular formula is C15H14ClN3OS. The predicted octanol–water partition coefficient (Wildman–Crippen LogP) is 2.93. The number of rotatable bonds is 4. The number of nitrogens with zero attached hydrogens (tertiary/aromatic N) is 2. The van der Waals surface area contributed by atoms with E-state index in [-0.39, 0.29) is 12.5 Å². The molecule has 1 heterocycles. The summed E-state index contributed by atoms with van der Waals surface area (Å²) >= 11 is 7.11. The van der Waals surface area contributed by atoms with E-state index in [1.807, 2.05) is 25.1 Å². The lowest BCUT2D eigenvalue weighted by Crippen LogP contribution is -2.23. The molecule has 0 aliphatic heterocycles. The van der Waals surface area contributed by atoms with Gasteiger partial charge in [0.05, 0.1) is 17.3 Å². The van der Waals surface area contributed by atoms with Gasteiger partial charge in [0.25, 0.3) is 5.91 Å². The van der Waals surface area contributed by atoms with Gasteiger partial charge in [0, 0.05) is 5.56 Å². The van der Waals surface area contributed by atoms with Crippen LogP contribution < -0.4 is 5.32 Å². The smallest absolute Gasteiger partial charge is 0.265 e. The van der Waals surface area contributed by atoms with Crippen molar-refractivity contribution in [1.29, 1.82) is 0 Å². The van der Waals surface area contributed by atoms with Crippen molar-refractivity contribution in [3.05, 3.63) is 45.4 Å². The molecule has 2 rings (SSSR count). The van der Waals surface area contributed by atoms with E-state index < -0.39 is 0 Å². The maximum absolute atomic E-state index is 12.0. The Hall–Kier alpha value is -1.90. The Morgan fingerprint density at radius 2 is 2.24 bits per heavy atom. The Morgan fingerprint density at radius 1 is 1.43 bits per heavy atom. The summed E-state index contributed by atoms with van der Waals surface area (Å²) in [6.45, 7) is 2.30. The highest BCUT2D eigenvalue weighted by Crippen LogP contribution is 2.13. The van der Waals surface area contributed by atoms with Crippen LogP contribution in [0.1, 0.15) is 34.3 Å². The van der Waals surface area contributed by atoms with E-state index in [4.69, 9.17) is 11.6 Å². The predicted molar refractivity (Wildman–Crippen MR) is 84.6 cm³/mol. The van der Waals surface area contributed by atoms with Gasteiger partial charge in [-0.3, -0.25) is 4.79 Å². The molecule has 0 unspecified atom stereocenters. The number of amides is 1. The minimum Gasteiger partial charge on any atom is -0.340 e. The van der Waals surface area contributed by atoms with Crippen molar-refractivity contribution in [2.45, 2.75) is 19.8 Å². The standard InChI is InChI=1S/C15H14ClN3OS/c1-2-6-13-14(21-19-18-13)15(20)17-10-5-8-11-7-3-4-9-12(11)16/h3-4,7,9H,2,6,10H2,1H3,(H,17,20). The molecule has 0 spiro atoms. The molecular weight excluding hydrogens is 306 g/mol. The minimum absolute atomic E-state index is 0.179. The summed E-state index contributed by atoms with van der Waals surface area (Å²) in [6.07, 6.45) is 1.68. The van der Waals surface area contributed by atoms with E-state index in [9.17, 15) is 4.79 Å². The molecule has 21 heavy (non-hydrogen) atoms. The van der Waals surface area contributed by atoms with Crippen molar-refractivity contribution >= 4 is 29.0 Å². The first-order valence-electron chi connectivity index (χ1n) is 6.55. The maximum Gasteiger partial charge on any atom is 0.265 e. The number of carbonyl (C=O) groups excluding carboxylic acids is 1. The third-order valence-electron chi connectivity index (χ3n) is 2.68. The maximum atomic E-state index is 12.0. The summed E-state index contributed by atoms with van der Waals surface area (Å²) in [4.78, 5) is 12.6. The Kier molecular flexibility index (Phi) is 5.73. The van der Waals surface area contributed by atoms with Gasteiger partial charge in [-0.15, -0.1) is 5.10 Å². The van der Waals surface area contributed by atoms with E-state index in [1.165, 1.54) is 0 Å². The largest absolute Gasteiger partial charge is 0.340 e. The lowest BCUT2D eigenvalue weighted by atomic mass is 10.2. The number of aryl methyl sites for hydroxylation is 1. The first-order valence-corrected chi connectivity index (χ1v) is 7.70. The van der Waals surface area contributed by atoms with E-state index in [0.29, 0.717) is 9.90 Å².